The highest BCUT2D eigenvalue weighted by Gasteiger charge is 2.45. The van der Waals surface area contributed by atoms with Crippen LogP contribution in [0.25, 0.3) is 11.1 Å². The van der Waals surface area contributed by atoms with Gasteiger partial charge < -0.3 is 15.7 Å². The molecule has 4 aromatic carbocycles. The lowest BCUT2D eigenvalue weighted by molar-refractivity contribution is -0.142. The fourth-order valence-corrected chi connectivity index (χ4v) is 7.02. The van der Waals surface area contributed by atoms with Gasteiger partial charge in [-0.3, -0.25) is 9.59 Å². The topological polar surface area (TPSA) is 157 Å². The van der Waals surface area contributed by atoms with Gasteiger partial charge in [-0.1, -0.05) is 78.9 Å². The average molecular weight is 623 g/mol. The van der Waals surface area contributed by atoms with E-state index in [1.54, 1.807) is 84.9 Å². The lowest BCUT2D eigenvalue weighted by Crippen LogP contribution is -2.51. The van der Waals surface area contributed by atoms with Crippen LogP contribution in [0.15, 0.2) is 114 Å². The van der Waals surface area contributed by atoms with Crippen LogP contribution in [-0.4, -0.2) is 60.3 Å². The van der Waals surface area contributed by atoms with Crippen LogP contribution in [0.3, 0.4) is 0 Å². The van der Waals surface area contributed by atoms with Crippen LogP contribution in [0, 0.1) is 11.3 Å². The second kappa shape index (κ2) is 13.5. The number of carboxylic acid groups (broad SMARTS) is 1. The summed E-state index contributed by atoms with van der Waals surface area (Å²) in [7, 11) is -4.17. The van der Waals surface area contributed by atoms with E-state index in [1.165, 1.54) is 12.1 Å². The zero-order chi connectivity index (χ0) is 32.0. The molecule has 5 rings (SSSR count). The molecule has 11 heteroatoms. The van der Waals surface area contributed by atoms with Gasteiger partial charge in [-0.15, -0.1) is 0 Å². The molecule has 228 valence electrons. The molecule has 2 amide bonds. The molecule has 0 aliphatic carbocycles. The first kappa shape index (κ1) is 31.1. The monoisotopic (exact) mass is 622 g/mol. The minimum absolute atomic E-state index is 0.0225. The number of hydrogen-bond donors (Lipinski definition) is 3. The Balaban J connectivity index is 1.35. The number of carbonyl (C=O) groups is 3. The maximum Gasteiger partial charge on any atom is 0.326 e. The van der Waals surface area contributed by atoms with Gasteiger partial charge in [0.1, 0.15) is 12.1 Å². The summed E-state index contributed by atoms with van der Waals surface area (Å²) in [6.45, 7) is -0.169. The minimum atomic E-state index is -4.17. The number of amides is 2. The summed E-state index contributed by atoms with van der Waals surface area (Å²) in [6, 6.07) is 29.0. The van der Waals surface area contributed by atoms with E-state index in [2.05, 4.69) is 16.7 Å². The Labute approximate surface area is 261 Å². The Hall–Kier alpha value is -5.31. The van der Waals surface area contributed by atoms with Crippen LogP contribution in [0.1, 0.15) is 27.9 Å². The van der Waals surface area contributed by atoms with E-state index in [-0.39, 0.29) is 24.3 Å². The summed E-state index contributed by atoms with van der Waals surface area (Å²) in [4.78, 5) is 38.7. The molecule has 0 bridgehead atoms. The number of sulfonamides is 1. The molecule has 1 fully saturated rings. The number of aliphatic carboxylic acids is 1. The first-order chi connectivity index (χ1) is 21.7. The van der Waals surface area contributed by atoms with Gasteiger partial charge in [0.05, 0.1) is 16.5 Å². The van der Waals surface area contributed by atoms with Crippen LogP contribution < -0.4 is 10.6 Å². The first-order valence-corrected chi connectivity index (χ1v) is 15.7. The maximum atomic E-state index is 13.7. The molecule has 1 aliphatic rings. The van der Waals surface area contributed by atoms with E-state index < -0.39 is 45.9 Å². The van der Waals surface area contributed by atoms with Gasteiger partial charge in [0.2, 0.25) is 15.9 Å². The summed E-state index contributed by atoms with van der Waals surface area (Å²) in [6.07, 6.45) is -0.108. The Morgan fingerprint density at radius 1 is 0.889 bits per heavy atom. The predicted octanol–water partition coefficient (Wildman–Crippen LogP) is 3.60. The second-order valence-corrected chi connectivity index (χ2v) is 12.5. The highest BCUT2D eigenvalue weighted by atomic mass is 32.2. The van der Waals surface area contributed by atoms with Gasteiger partial charge in [-0.05, 0) is 53.4 Å². The van der Waals surface area contributed by atoms with E-state index in [1.807, 2.05) is 12.1 Å². The minimum Gasteiger partial charge on any atom is -0.480 e. The quantitative estimate of drug-likeness (QED) is 0.244. The molecule has 0 saturated carbocycles. The molecule has 0 spiro atoms. The van der Waals surface area contributed by atoms with Crippen LogP contribution in [0.4, 0.5) is 0 Å². The van der Waals surface area contributed by atoms with Crippen molar-refractivity contribution in [2.75, 3.05) is 6.54 Å². The summed E-state index contributed by atoms with van der Waals surface area (Å²) in [5.41, 5.74) is 3.03. The van der Waals surface area contributed by atoms with E-state index in [0.717, 1.165) is 15.4 Å². The summed E-state index contributed by atoms with van der Waals surface area (Å²) in [5, 5.41) is 24.7. The Morgan fingerprint density at radius 3 is 2.16 bits per heavy atom. The van der Waals surface area contributed by atoms with Crippen molar-refractivity contribution in [2.24, 2.45) is 0 Å². The fraction of sp³-hybridized carbons (Fsp3) is 0.176. The molecule has 45 heavy (non-hydrogen) atoms. The van der Waals surface area contributed by atoms with Crippen molar-refractivity contribution in [3.05, 3.63) is 126 Å². The highest BCUT2D eigenvalue weighted by molar-refractivity contribution is 7.89. The van der Waals surface area contributed by atoms with Crippen LogP contribution >= 0.6 is 0 Å². The van der Waals surface area contributed by atoms with Crippen LogP contribution in [0.5, 0.6) is 0 Å². The normalized spacial score (nSPS) is 17.1. The zero-order valence-electron chi connectivity index (χ0n) is 24.0. The Kier molecular flexibility index (Phi) is 9.37. The number of carbonyl (C=O) groups excluding carboxylic acids is 2. The maximum absolute atomic E-state index is 13.7. The fourth-order valence-electron chi connectivity index (χ4n) is 5.36. The van der Waals surface area contributed by atoms with Gasteiger partial charge in [0.15, 0.2) is 0 Å². The Bertz CT molecular complexity index is 1840. The molecule has 0 aromatic heterocycles. The van der Waals surface area contributed by atoms with E-state index in [9.17, 15) is 33.2 Å². The second-order valence-electron chi connectivity index (χ2n) is 10.6. The van der Waals surface area contributed by atoms with Gasteiger partial charge in [-0.2, -0.15) is 9.57 Å². The lowest BCUT2D eigenvalue weighted by atomic mass is 9.97. The Morgan fingerprint density at radius 2 is 1.51 bits per heavy atom. The van der Waals surface area contributed by atoms with Crippen molar-refractivity contribution in [1.82, 2.24) is 14.9 Å². The molecule has 1 heterocycles. The van der Waals surface area contributed by atoms with Crippen LogP contribution in [0.2, 0.25) is 0 Å². The number of nitrogens with zero attached hydrogens (tertiary/aromatic N) is 2. The molecular formula is C34H30N4O6S. The first-order valence-electron chi connectivity index (χ1n) is 14.2. The van der Waals surface area contributed by atoms with Crippen LogP contribution in [-0.2, 0) is 26.0 Å². The predicted molar refractivity (Wildman–Crippen MR) is 166 cm³/mol. The molecule has 3 N–H and O–H groups in total. The molecule has 4 aromatic rings. The van der Waals surface area contributed by atoms with E-state index >= 15 is 0 Å². The number of nitrogens with one attached hydrogen (secondary N) is 2. The number of rotatable bonds is 10. The molecular weight excluding hydrogens is 592 g/mol. The molecule has 1 saturated heterocycles. The third-order valence-corrected chi connectivity index (χ3v) is 9.54. The van der Waals surface area contributed by atoms with Gasteiger partial charge in [-0.25, -0.2) is 13.2 Å². The van der Waals surface area contributed by atoms with Crippen molar-refractivity contribution in [3.8, 4) is 17.2 Å². The van der Waals surface area contributed by atoms with Gasteiger partial charge in [0, 0.05) is 24.6 Å². The molecule has 10 nitrogen and oxygen atoms in total. The smallest absolute Gasteiger partial charge is 0.326 e. The van der Waals surface area contributed by atoms with Gasteiger partial charge >= 0.3 is 5.97 Å². The van der Waals surface area contributed by atoms with Crippen molar-refractivity contribution in [2.45, 2.75) is 35.9 Å². The number of benzene rings is 4. The molecule has 3 atom stereocenters. The van der Waals surface area contributed by atoms with E-state index in [4.69, 9.17) is 0 Å². The number of nitriles is 1. The van der Waals surface area contributed by atoms with Crippen molar-refractivity contribution in [1.29, 1.82) is 5.26 Å². The third kappa shape index (κ3) is 7.09. The average Bonchev–Trinajstić information content (AvgIpc) is 3.50. The SMILES string of the molecule is N#Cc1ccccc1-c1ccc(CC(NC(=O)C2C[C@H](NC(=O)c3ccccc3)CN2S(=O)(=O)c2ccccc2)C(=O)O)cc1. The number of hydrogen-bond acceptors (Lipinski definition) is 6. The molecule has 0 radical (unpaired) electrons. The third-order valence-electron chi connectivity index (χ3n) is 7.65. The molecule has 1 aliphatic heterocycles. The largest absolute Gasteiger partial charge is 0.480 e. The summed E-state index contributed by atoms with van der Waals surface area (Å²) < 4.78 is 28.3. The van der Waals surface area contributed by atoms with E-state index in [0.29, 0.717) is 16.7 Å². The zero-order valence-corrected chi connectivity index (χ0v) is 24.9. The molecule has 2 unspecified atom stereocenters. The number of carboxylic acids is 1. The lowest BCUT2D eigenvalue weighted by Gasteiger charge is -2.25. The van der Waals surface area contributed by atoms with Gasteiger partial charge in [0.25, 0.3) is 5.91 Å². The van der Waals surface area contributed by atoms with Crippen molar-refractivity contribution >= 4 is 27.8 Å². The van der Waals surface area contributed by atoms with Crippen molar-refractivity contribution < 1.29 is 27.9 Å². The van der Waals surface area contributed by atoms with Crippen molar-refractivity contribution in [3.63, 3.8) is 0 Å². The highest BCUT2D eigenvalue weighted by Crippen LogP contribution is 2.28. The summed E-state index contributed by atoms with van der Waals surface area (Å²) >= 11 is 0. The summed E-state index contributed by atoms with van der Waals surface area (Å²) in [5.74, 6) is -2.48. The standard InChI is InChI=1S/C34H30N4O6S/c35-21-26-11-7-8-14-29(26)24-17-15-23(16-18-24)19-30(34(41)42)37-33(40)31-20-27(36-32(39)25-9-3-1-4-10-25)22-38(31)45(43,44)28-12-5-2-6-13-28/h1-18,27,30-31H,19-20,22H2,(H,36,39)(H,37,40)(H,41,42)/t27-,30?,31?/m0/s1.